The molecule has 0 bridgehead atoms. The quantitative estimate of drug-likeness (QED) is 0.563. The first kappa shape index (κ1) is 22.5. The molecule has 2 aromatic carbocycles. The van der Waals surface area contributed by atoms with Crippen molar-refractivity contribution in [1.29, 1.82) is 0 Å². The highest BCUT2D eigenvalue weighted by Crippen LogP contribution is 2.30. The zero-order valence-electron chi connectivity index (χ0n) is 19.0. The molecule has 0 atom stereocenters. The van der Waals surface area contributed by atoms with Gasteiger partial charge in [-0.1, -0.05) is 13.0 Å². The van der Waals surface area contributed by atoms with E-state index in [0.717, 1.165) is 37.1 Å². The van der Waals surface area contributed by atoms with Gasteiger partial charge in [0.1, 0.15) is 10.7 Å². The number of hydrogen-bond acceptors (Lipinski definition) is 4. The molecule has 1 fully saturated rings. The van der Waals surface area contributed by atoms with Crippen LogP contribution >= 0.6 is 0 Å². The number of benzene rings is 2. The van der Waals surface area contributed by atoms with Crippen molar-refractivity contribution < 1.29 is 12.8 Å². The Balaban J connectivity index is 1.90. The highest BCUT2D eigenvalue weighted by molar-refractivity contribution is 7.91. The van der Waals surface area contributed by atoms with Gasteiger partial charge in [-0.05, 0) is 74.9 Å². The molecular weight excluding hydrogens is 427 g/mol. The minimum Gasteiger partial charge on any atom is -0.369 e. The van der Waals surface area contributed by atoms with Crippen LogP contribution in [-0.2, 0) is 16.4 Å². The number of nitrogens with zero attached hydrogens (tertiary/aromatic N) is 2. The molecule has 2 heterocycles. The van der Waals surface area contributed by atoms with Crippen LogP contribution in [-0.4, -0.2) is 26.1 Å². The molecule has 3 aromatic rings. The van der Waals surface area contributed by atoms with Gasteiger partial charge in [0.2, 0.25) is 15.3 Å². The van der Waals surface area contributed by atoms with Crippen LogP contribution in [0.2, 0.25) is 0 Å². The molecule has 4 rings (SSSR count). The molecule has 0 spiro atoms. The molecule has 1 saturated heterocycles. The lowest BCUT2D eigenvalue weighted by Gasteiger charge is -2.32. The highest BCUT2D eigenvalue weighted by Gasteiger charge is 2.26. The normalized spacial score (nSPS) is 15.5. The fraction of sp³-hybridized carbons (Fsp3) is 0.400. The second kappa shape index (κ2) is 8.35. The van der Waals surface area contributed by atoms with Crippen molar-refractivity contribution in [2.24, 2.45) is 5.92 Å². The summed E-state index contributed by atoms with van der Waals surface area (Å²) in [7, 11) is -4.05. The van der Waals surface area contributed by atoms with Gasteiger partial charge in [0.25, 0.3) is 0 Å². The van der Waals surface area contributed by atoms with E-state index in [2.05, 4.69) is 6.92 Å². The maximum absolute atomic E-state index is 15.1. The third-order valence-corrected chi connectivity index (χ3v) is 8.40. The SMILES string of the molecule is CCn1cc(S(=O)(=O)c2ccc(C)c(C)c2)c(=O)c2cc(F)c(N3CCC(C)CC3)cc21. The number of piperidine rings is 1. The van der Waals surface area contributed by atoms with Crippen molar-refractivity contribution in [3.8, 4) is 0 Å². The predicted octanol–water partition coefficient (Wildman–Crippen LogP) is 4.85. The van der Waals surface area contributed by atoms with Crippen LogP contribution in [0.25, 0.3) is 10.9 Å². The maximum Gasteiger partial charge on any atom is 0.211 e. The second-order valence-corrected chi connectivity index (χ2v) is 10.8. The topological polar surface area (TPSA) is 59.4 Å². The fourth-order valence-corrected chi connectivity index (χ4v) is 5.78. The summed E-state index contributed by atoms with van der Waals surface area (Å²) in [5.41, 5.74) is 2.15. The van der Waals surface area contributed by atoms with Crippen LogP contribution < -0.4 is 10.3 Å². The number of aromatic nitrogens is 1. The number of hydrogen-bond donors (Lipinski definition) is 0. The van der Waals surface area contributed by atoms with Crippen LogP contribution in [0.3, 0.4) is 0 Å². The van der Waals surface area contributed by atoms with E-state index in [-0.39, 0.29) is 15.2 Å². The number of fused-ring (bicyclic) bond motifs is 1. The van der Waals surface area contributed by atoms with E-state index in [1.54, 1.807) is 22.8 Å². The molecule has 0 saturated carbocycles. The van der Waals surface area contributed by atoms with Gasteiger partial charge in [-0.25, -0.2) is 12.8 Å². The lowest BCUT2D eigenvalue weighted by molar-refractivity contribution is 0.434. The molecule has 0 aliphatic carbocycles. The zero-order valence-corrected chi connectivity index (χ0v) is 19.8. The molecule has 0 unspecified atom stereocenters. The van der Waals surface area contributed by atoms with Gasteiger partial charge in [-0.3, -0.25) is 4.79 Å². The van der Waals surface area contributed by atoms with Crippen molar-refractivity contribution in [3.05, 3.63) is 63.7 Å². The molecule has 1 aromatic heterocycles. The Labute approximate surface area is 188 Å². The molecule has 1 aliphatic heterocycles. The summed E-state index contributed by atoms with van der Waals surface area (Å²) in [6, 6.07) is 7.71. The molecule has 5 nitrogen and oxygen atoms in total. The number of aryl methyl sites for hydroxylation is 3. The Hall–Kier alpha value is -2.67. The van der Waals surface area contributed by atoms with Gasteiger partial charge in [0.15, 0.2) is 0 Å². The number of rotatable bonds is 4. The molecule has 0 radical (unpaired) electrons. The number of sulfone groups is 1. The Morgan fingerprint density at radius 3 is 2.38 bits per heavy atom. The van der Waals surface area contributed by atoms with Gasteiger partial charge < -0.3 is 9.47 Å². The third kappa shape index (κ3) is 3.83. The van der Waals surface area contributed by atoms with E-state index >= 15 is 4.39 Å². The Morgan fingerprint density at radius 1 is 1.06 bits per heavy atom. The summed E-state index contributed by atoms with van der Waals surface area (Å²) in [5.74, 6) is 0.120. The van der Waals surface area contributed by atoms with Gasteiger partial charge in [0, 0.05) is 25.8 Å². The highest BCUT2D eigenvalue weighted by atomic mass is 32.2. The number of halogens is 1. The first-order valence-corrected chi connectivity index (χ1v) is 12.6. The van der Waals surface area contributed by atoms with Crippen molar-refractivity contribution in [2.75, 3.05) is 18.0 Å². The van der Waals surface area contributed by atoms with Crippen LogP contribution in [0.15, 0.2) is 51.1 Å². The fourth-order valence-electron chi connectivity index (χ4n) is 4.33. The van der Waals surface area contributed by atoms with Crippen LogP contribution in [0.4, 0.5) is 10.1 Å². The number of pyridine rings is 1. The summed E-state index contributed by atoms with van der Waals surface area (Å²) in [5, 5.41) is 0.0865. The van der Waals surface area contributed by atoms with E-state index in [9.17, 15) is 13.2 Å². The maximum atomic E-state index is 15.1. The minimum atomic E-state index is -4.05. The van der Waals surface area contributed by atoms with Gasteiger partial charge >= 0.3 is 0 Å². The summed E-state index contributed by atoms with van der Waals surface area (Å²) in [4.78, 5) is 15.0. The van der Waals surface area contributed by atoms with Crippen LogP contribution in [0, 0.1) is 25.6 Å². The molecule has 32 heavy (non-hydrogen) atoms. The van der Waals surface area contributed by atoms with E-state index in [4.69, 9.17) is 0 Å². The lowest BCUT2D eigenvalue weighted by atomic mass is 9.98. The van der Waals surface area contributed by atoms with Crippen molar-refractivity contribution in [1.82, 2.24) is 4.57 Å². The zero-order chi connectivity index (χ0) is 23.2. The molecule has 0 N–H and O–H groups in total. The van der Waals surface area contributed by atoms with Crippen molar-refractivity contribution >= 4 is 26.4 Å². The van der Waals surface area contributed by atoms with E-state index in [0.29, 0.717) is 23.7 Å². The van der Waals surface area contributed by atoms with Crippen LogP contribution in [0.1, 0.15) is 37.8 Å². The van der Waals surface area contributed by atoms with E-state index < -0.39 is 21.1 Å². The summed E-state index contributed by atoms with van der Waals surface area (Å²) in [6.07, 6.45) is 3.38. The first-order chi connectivity index (χ1) is 15.1. The molecular formula is C25H29FN2O3S. The monoisotopic (exact) mass is 456 g/mol. The van der Waals surface area contributed by atoms with Gasteiger partial charge in [-0.15, -0.1) is 0 Å². The summed E-state index contributed by atoms with van der Waals surface area (Å²) in [6.45, 7) is 9.78. The van der Waals surface area contributed by atoms with Crippen molar-refractivity contribution in [2.45, 2.75) is 56.9 Å². The lowest BCUT2D eigenvalue weighted by Crippen LogP contribution is -2.33. The summed E-state index contributed by atoms with van der Waals surface area (Å²) < 4.78 is 43.5. The largest absolute Gasteiger partial charge is 0.369 e. The molecule has 7 heteroatoms. The average Bonchev–Trinajstić information content (AvgIpc) is 2.76. The van der Waals surface area contributed by atoms with Crippen LogP contribution in [0.5, 0.6) is 0 Å². The second-order valence-electron chi connectivity index (χ2n) is 8.85. The standard InChI is InChI=1S/C25H29FN2O3S/c1-5-27-15-24(32(30,31)19-7-6-17(3)18(4)12-19)25(29)20-13-21(26)23(14-22(20)27)28-10-8-16(2)9-11-28/h6-7,12-16H,5,8-11H2,1-4H3. The Kier molecular flexibility index (Phi) is 5.88. The summed E-state index contributed by atoms with van der Waals surface area (Å²) >= 11 is 0. The van der Waals surface area contributed by atoms with Crippen molar-refractivity contribution in [3.63, 3.8) is 0 Å². The first-order valence-electron chi connectivity index (χ1n) is 11.1. The third-order valence-electron chi connectivity index (χ3n) is 6.66. The van der Waals surface area contributed by atoms with Gasteiger partial charge in [-0.2, -0.15) is 0 Å². The Bertz CT molecular complexity index is 1350. The molecule has 1 aliphatic rings. The number of anilines is 1. The smallest absolute Gasteiger partial charge is 0.211 e. The Morgan fingerprint density at radius 2 is 1.75 bits per heavy atom. The minimum absolute atomic E-state index is 0.0687. The average molecular weight is 457 g/mol. The predicted molar refractivity (Wildman–Crippen MR) is 126 cm³/mol. The van der Waals surface area contributed by atoms with Gasteiger partial charge in [0.05, 0.1) is 21.5 Å². The molecule has 170 valence electrons. The van der Waals surface area contributed by atoms with E-state index in [1.165, 1.54) is 18.3 Å². The molecule has 0 amide bonds. The van der Waals surface area contributed by atoms with E-state index in [1.807, 2.05) is 25.7 Å².